The van der Waals surface area contributed by atoms with Crippen molar-refractivity contribution in [2.75, 3.05) is 5.32 Å². The van der Waals surface area contributed by atoms with E-state index in [9.17, 15) is 4.79 Å². The molecule has 0 radical (unpaired) electrons. The smallest absolute Gasteiger partial charge is 0.271 e. The van der Waals surface area contributed by atoms with Crippen molar-refractivity contribution in [3.05, 3.63) is 78.1 Å². The Hall–Kier alpha value is -3.15. The number of anilines is 1. The van der Waals surface area contributed by atoms with Crippen molar-refractivity contribution in [2.45, 2.75) is 19.5 Å². The van der Waals surface area contributed by atoms with E-state index in [1.165, 1.54) is 12.4 Å². The zero-order chi connectivity index (χ0) is 16.8. The van der Waals surface area contributed by atoms with Gasteiger partial charge in [-0.05, 0) is 24.6 Å². The molecule has 122 valence electrons. The highest BCUT2D eigenvalue weighted by Gasteiger charge is 2.12. The van der Waals surface area contributed by atoms with Crippen LogP contribution in [0.4, 0.5) is 5.82 Å². The molecule has 1 amide bonds. The second-order valence-electron chi connectivity index (χ2n) is 5.33. The number of amides is 1. The Labute approximate surface area is 140 Å². The van der Waals surface area contributed by atoms with Crippen molar-refractivity contribution in [1.82, 2.24) is 15.3 Å². The van der Waals surface area contributed by atoms with E-state index in [2.05, 4.69) is 20.6 Å². The first-order valence-corrected chi connectivity index (χ1v) is 7.66. The molecule has 3 aromatic rings. The summed E-state index contributed by atoms with van der Waals surface area (Å²) in [4.78, 5) is 20.6. The van der Waals surface area contributed by atoms with Crippen LogP contribution in [0.15, 0.2) is 65.5 Å². The third-order valence-corrected chi connectivity index (χ3v) is 3.56. The van der Waals surface area contributed by atoms with Crippen LogP contribution in [0.25, 0.3) is 0 Å². The number of furan rings is 1. The third kappa shape index (κ3) is 3.98. The van der Waals surface area contributed by atoms with Gasteiger partial charge in [0.1, 0.15) is 17.3 Å². The maximum atomic E-state index is 12.2. The number of carbonyl (C=O) groups is 1. The summed E-state index contributed by atoms with van der Waals surface area (Å²) in [6.07, 6.45) is 4.60. The van der Waals surface area contributed by atoms with Crippen molar-refractivity contribution in [1.29, 1.82) is 0 Å². The molecular weight excluding hydrogens is 304 g/mol. The number of nitrogens with one attached hydrogen (secondary N) is 2. The molecule has 24 heavy (non-hydrogen) atoms. The van der Waals surface area contributed by atoms with Gasteiger partial charge in [-0.1, -0.05) is 30.3 Å². The number of aromatic nitrogens is 2. The number of benzene rings is 1. The summed E-state index contributed by atoms with van der Waals surface area (Å²) in [5.41, 5.74) is 1.32. The van der Waals surface area contributed by atoms with E-state index in [1.807, 2.05) is 49.4 Å². The molecule has 1 atom stereocenters. The molecule has 0 spiro atoms. The van der Waals surface area contributed by atoms with Gasteiger partial charge in [0.2, 0.25) is 0 Å². The molecule has 0 aliphatic heterocycles. The molecule has 1 unspecified atom stereocenters. The lowest BCUT2D eigenvalue weighted by atomic mass is 10.1. The largest absolute Gasteiger partial charge is 0.467 e. The maximum Gasteiger partial charge on any atom is 0.271 e. The van der Waals surface area contributed by atoms with Crippen LogP contribution in [0.1, 0.15) is 34.8 Å². The molecule has 2 N–H and O–H groups in total. The summed E-state index contributed by atoms with van der Waals surface area (Å²) in [7, 11) is 0. The molecule has 0 bridgehead atoms. The summed E-state index contributed by atoms with van der Waals surface area (Å²) < 4.78 is 5.23. The van der Waals surface area contributed by atoms with Gasteiger partial charge in [-0.3, -0.25) is 4.79 Å². The summed E-state index contributed by atoms with van der Waals surface area (Å²) >= 11 is 0. The van der Waals surface area contributed by atoms with Gasteiger partial charge in [-0.2, -0.15) is 0 Å². The van der Waals surface area contributed by atoms with E-state index in [0.29, 0.717) is 12.4 Å². The molecule has 1 aromatic carbocycles. The Morgan fingerprint density at radius 3 is 2.62 bits per heavy atom. The van der Waals surface area contributed by atoms with Gasteiger partial charge in [-0.15, -0.1) is 0 Å². The van der Waals surface area contributed by atoms with Crippen LogP contribution in [0.3, 0.4) is 0 Å². The van der Waals surface area contributed by atoms with Crippen LogP contribution in [0.2, 0.25) is 0 Å². The molecule has 0 saturated heterocycles. The van der Waals surface area contributed by atoms with Crippen molar-refractivity contribution < 1.29 is 9.21 Å². The molecule has 0 aliphatic carbocycles. The van der Waals surface area contributed by atoms with Crippen molar-refractivity contribution >= 4 is 11.7 Å². The first kappa shape index (κ1) is 15.7. The standard InChI is InChI=1S/C18H18N4O2/c1-13(14-6-3-2-4-7-14)22-18(23)16-11-21-17(12-19-16)20-10-15-8-5-9-24-15/h2-9,11-13H,10H2,1H3,(H,20,21)(H,22,23). The Kier molecular flexibility index (Phi) is 4.86. The molecule has 2 heterocycles. The minimum Gasteiger partial charge on any atom is -0.467 e. The van der Waals surface area contributed by atoms with Crippen LogP contribution in [-0.2, 0) is 6.54 Å². The molecule has 0 fully saturated rings. The molecule has 6 heteroatoms. The van der Waals surface area contributed by atoms with Crippen LogP contribution >= 0.6 is 0 Å². The second kappa shape index (κ2) is 7.41. The Bertz CT molecular complexity index is 771. The topological polar surface area (TPSA) is 80.0 Å². The van der Waals surface area contributed by atoms with Crippen LogP contribution in [0.5, 0.6) is 0 Å². The van der Waals surface area contributed by atoms with Crippen molar-refractivity contribution in [3.8, 4) is 0 Å². The Morgan fingerprint density at radius 1 is 1.12 bits per heavy atom. The van der Waals surface area contributed by atoms with Gasteiger partial charge in [0, 0.05) is 0 Å². The van der Waals surface area contributed by atoms with E-state index in [1.54, 1.807) is 6.26 Å². The number of hydrogen-bond donors (Lipinski definition) is 2. The molecule has 0 aliphatic rings. The third-order valence-electron chi connectivity index (χ3n) is 3.56. The maximum absolute atomic E-state index is 12.2. The van der Waals surface area contributed by atoms with E-state index >= 15 is 0 Å². The number of nitrogens with zero attached hydrogens (tertiary/aromatic N) is 2. The number of rotatable bonds is 6. The lowest BCUT2D eigenvalue weighted by Gasteiger charge is -2.13. The van der Waals surface area contributed by atoms with Gasteiger partial charge in [0.05, 0.1) is 31.2 Å². The van der Waals surface area contributed by atoms with Gasteiger partial charge >= 0.3 is 0 Å². The average Bonchev–Trinajstić information content (AvgIpc) is 3.14. The van der Waals surface area contributed by atoms with E-state index in [0.717, 1.165) is 11.3 Å². The van der Waals surface area contributed by atoms with Crippen LogP contribution < -0.4 is 10.6 Å². The van der Waals surface area contributed by atoms with Gasteiger partial charge in [-0.25, -0.2) is 9.97 Å². The monoisotopic (exact) mass is 322 g/mol. The quantitative estimate of drug-likeness (QED) is 0.728. The Morgan fingerprint density at radius 2 is 1.96 bits per heavy atom. The number of hydrogen-bond acceptors (Lipinski definition) is 5. The van der Waals surface area contributed by atoms with Crippen molar-refractivity contribution in [2.24, 2.45) is 0 Å². The summed E-state index contributed by atoms with van der Waals surface area (Å²) in [5.74, 6) is 1.13. The highest BCUT2D eigenvalue weighted by atomic mass is 16.3. The molecular formula is C18H18N4O2. The van der Waals surface area contributed by atoms with Gasteiger partial charge < -0.3 is 15.1 Å². The van der Waals surface area contributed by atoms with E-state index in [4.69, 9.17) is 4.42 Å². The number of carbonyl (C=O) groups excluding carboxylic acids is 1. The van der Waals surface area contributed by atoms with Crippen molar-refractivity contribution in [3.63, 3.8) is 0 Å². The van der Waals surface area contributed by atoms with E-state index in [-0.39, 0.29) is 17.6 Å². The summed E-state index contributed by atoms with van der Waals surface area (Å²) in [6.45, 7) is 2.44. The lowest BCUT2D eigenvalue weighted by molar-refractivity contribution is 0.0934. The van der Waals surface area contributed by atoms with E-state index < -0.39 is 0 Å². The zero-order valence-corrected chi connectivity index (χ0v) is 13.3. The van der Waals surface area contributed by atoms with Gasteiger partial charge in [0.25, 0.3) is 5.91 Å². The Balaban J connectivity index is 1.57. The first-order chi connectivity index (χ1) is 11.7. The summed E-state index contributed by atoms with van der Waals surface area (Å²) in [6, 6.07) is 13.4. The van der Waals surface area contributed by atoms with Crippen LogP contribution in [-0.4, -0.2) is 15.9 Å². The molecule has 6 nitrogen and oxygen atoms in total. The fourth-order valence-corrected chi connectivity index (χ4v) is 2.22. The molecule has 3 rings (SSSR count). The highest BCUT2D eigenvalue weighted by Crippen LogP contribution is 2.12. The fraction of sp³-hybridized carbons (Fsp3) is 0.167. The van der Waals surface area contributed by atoms with Crippen LogP contribution in [0, 0.1) is 0 Å². The normalized spacial score (nSPS) is 11.7. The zero-order valence-electron chi connectivity index (χ0n) is 13.3. The molecule has 0 saturated carbocycles. The van der Waals surface area contributed by atoms with Gasteiger partial charge in [0.15, 0.2) is 0 Å². The predicted molar refractivity (Wildman–Crippen MR) is 90.4 cm³/mol. The lowest BCUT2D eigenvalue weighted by Crippen LogP contribution is -2.27. The second-order valence-corrected chi connectivity index (χ2v) is 5.33. The molecule has 2 aromatic heterocycles. The summed E-state index contributed by atoms with van der Waals surface area (Å²) in [5, 5.41) is 5.99. The highest BCUT2D eigenvalue weighted by molar-refractivity contribution is 5.92. The fourth-order valence-electron chi connectivity index (χ4n) is 2.22. The predicted octanol–water partition coefficient (Wildman–Crippen LogP) is 3.17. The minimum absolute atomic E-state index is 0.0998. The average molecular weight is 322 g/mol. The first-order valence-electron chi connectivity index (χ1n) is 7.66. The SMILES string of the molecule is CC(NC(=O)c1cnc(NCc2ccco2)cn1)c1ccccc1. The minimum atomic E-state index is -0.253.